The van der Waals surface area contributed by atoms with Gasteiger partial charge in [0.25, 0.3) is 0 Å². The smallest absolute Gasteiger partial charge is 0.153 e. The third-order valence-electron chi connectivity index (χ3n) is 3.29. The van der Waals surface area contributed by atoms with Gasteiger partial charge in [-0.05, 0) is 31.4 Å². The minimum absolute atomic E-state index is 0.0939. The molecule has 1 heterocycles. The Morgan fingerprint density at radius 3 is 2.79 bits per heavy atom. The number of aromatic nitrogens is 1. The van der Waals surface area contributed by atoms with Crippen molar-refractivity contribution in [3.63, 3.8) is 0 Å². The highest BCUT2D eigenvalue weighted by molar-refractivity contribution is 6.30. The zero-order valence-corrected chi connectivity index (χ0v) is 11.9. The molecule has 0 aliphatic carbocycles. The molecule has 0 saturated carbocycles. The molecule has 0 spiro atoms. The Morgan fingerprint density at radius 2 is 2.11 bits per heavy atom. The lowest BCUT2D eigenvalue weighted by atomic mass is 10.1. The summed E-state index contributed by atoms with van der Waals surface area (Å²) in [6.45, 7) is 4.04. The number of Topliss-reactive ketones (excluding diaryl/α,β-unsaturated/α-hetero) is 1. The standard InChI is InChI=1S/C15H18ClNO2/c1-10-7-12-5-3-4-6-14(12)17(10)9-13(18)8-15(19)11(2)16/h3-7,11,13,18H,8-9H2,1-2H3. The van der Waals surface area contributed by atoms with Gasteiger partial charge in [-0.25, -0.2) is 0 Å². The van der Waals surface area contributed by atoms with Crippen molar-refractivity contribution in [3.05, 3.63) is 36.0 Å². The van der Waals surface area contributed by atoms with Crippen LogP contribution in [0.3, 0.4) is 0 Å². The van der Waals surface area contributed by atoms with Gasteiger partial charge in [-0.15, -0.1) is 11.6 Å². The van der Waals surface area contributed by atoms with Crippen molar-refractivity contribution in [3.8, 4) is 0 Å². The van der Waals surface area contributed by atoms with Crippen molar-refractivity contribution in [1.29, 1.82) is 0 Å². The lowest BCUT2D eigenvalue weighted by Gasteiger charge is -2.14. The van der Waals surface area contributed by atoms with E-state index in [2.05, 4.69) is 6.07 Å². The average molecular weight is 280 g/mol. The Morgan fingerprint density at radius 1 is 1.42 bits per heavy atom. The van der Waals surface area contributed by atoms with Crippen LogP contribution in [0.15, 0.2) is 30.3 Å². The first-order chi connectivity index (χ1) is 8.99. The maximum absolute atomic E-state index is 11.5. The van der Waals surface area contributed by atoms with Crippen LogP contribution in [0.25, 0.3) is 10.9 Å². The molecule has 2 aromatic rings. The van der Waals surface area contributed by atoms with E-state index in [4.69, 9.17) is 11.6 Å². The third-order valence-corrected chi connectivity index (χ3v) is 3.53. The van der Waals surface area contributed by atoms with E-state index in [1.165, 1.54) is 0 Å². The maximum atomic E-state index is 11.5. The van der Waals surface area contributed by atoms with E-state index >= 15 is 0 Å². The molecule has 2 unspecified atom stereocenters. The molecule has 1 N–H and O–H groups in total. The van der Waals surface area contributed by atoms with Crippen molar-refractivity contribution < 1.29 is 9.90 Å². The van der Waals surface area contributed by atoms with Crippen LogP contribution in [0.1, 0.15) is 19.0 Å². The number of carbonyl (C=O) groups excluding carboxylic acids is 1. The molecule has 1 aromatic carbocycles. The number of nitrogens with zero attached hydrogens (tertiary/aromatic N) is 1. The van der Waals surface area contributed by atoms with Gasteiger partial charge >= 0.3 is 0 Å². The fraction of sp³-hybridized carbons (Fsp3) is 0.400. The molecular formula is C15H18ClNO2. The van der Waals surface area contributed by atoms with E-state index in [-0.39, 0.29) is 12.2 Å². The number of hydrogen-bond acceptors (Lipinski definition) is 2. The van der Waals surface area contributed by atoms with Crippen LogP contribution >= 0.6 is 11.6 Å². The van der Waals surface area contributed by atoms with Gasteiger partial charge in [0.2, 0.25) is 0 Å². The van der Waals surface area contributed by atoms with Gasteiger partial charge in [0.15, 0.2) is 5.78 Å². The number of alkyl halides is 1. The minimum atomic E-state index is -0.705. The van der Waals surface area contributed by atoms with Crippen LogP contribution in [-0.2, 0) is 11.3 Å². The number of benzene rings is 1. The second-order valence-corrected chi connectivity index (χ2v) is 5.55. The predicted molar refractivity (Wildman–Crippen MR) is 77.6 cm³/mol. The molecule has 102 valence electrons. The Hall–Kier alpha value is -1.32. The van der Waals surface area contributed by atoms with Crippen molar-refractivity contribution >= 4 is 28.3 Å². The zero-order valence-electron chi connectivity index (χ0n) is 11.1. The van der Waals surface area contributed by atoms with Crippen LogP contribution in [0.5, 0.6) is 0 Å². The van der Waals surface area contributed by atoms with E-state index in [0.29, 0.717) is 6.54 Å². The molecule has 2 atom stereocenters. The van der Waals surface area contributed by atoms with Crippen LogP contribution < -0.4 is 0 Å². The summed E-state index contributed by atoms with van der Waals surface area (Å²) in [5.74, 6) is -0.122. The van der Waals surface area contributed by atoms with Gasteiger partial charge < -0.3 is 9.67 Å². The summed E-state index contributed by atoms with van der Waals surface area (Å²) >= 11 is 5.71. The number of aryl methyl sites for hydroxylation is 1. The van der Waals surface area contributed by atoms with Gasteiger partial charge in [-0.3, -0.25) is 4.79 Å². The predicted octanol–water partition coefficient (Wildman–Crippen LogP) is 2.90. The first-order valence-corrected chi connectivity index (χ1v) is 6.82. The molecule has 4 heteroatoms. The molecule has 3 nitrogen and oxygen atoms in total. The quantitative estimate of drug-likeness (QED) is 0.855. The summed E-state index contributed by atoms with van der Waals surface area (Å²) in [6.07, 6.45) is -0.612. The first-order valence-electron chi connectivity index (χ1n) is 6.38. The molecule has 2 rings (SSSR count). The van der Waals surface area contributed by atoms with E-state index in [9.17, 15) is 9.90 Å². The lowest BCUT2D eigenvalue weighted by molar-refractivity contribution is -0.120. The summed E-state index contributed by atoms with van der Waals surface area (Å²) in [5, 5.41) is 10.6. The van der Waals surface area contributed by atoms with Crippen molar-refractivity contribution in [2.45, 2.75) is 38.3 Å². The normalized spacial score (nSPS) is 14.5. The molecular weight excluding hydrogens is 262 g/mol. The van der Waals surface area contributed by atoms with E-state index in [1.807, 2.05) is 35.8 Å². The summed E-state index contributed by atoms with van der Waals surface area (Å²) in [5.41, 5.74) is 2.15. The van der Waals surface area contributed by atoms with E-state index in [0.717, 1.165) is 16.6 Å². The number of halogens is 1. The second kappa shape index (κ2) is 5.76. The molecule has 1 aromatic heterocycles. The fourth-order valence-electron chi connectivity index (χ4n) is 2.26. The highest BCUT2D eigenvalue weighted by atomic mass is 35.5. The number of hydrogen-bond donors (Lipinski definition) is 1. The maximum Gasteiger partial charge on any atom is 0.153 e. The summed E-state index contributed by atoms with van der Waals surface area (Å²) < 4.78 is 2.03. The molecule has 0 aliphatic rings. The van der Waals surface area contributed by atoms with Crippen molar-refractivity contribution in [2.75, 3.05) is 0 Å². The van der Waals surface area contributed by atoms with Crippen LogP contribution in [0.4, 0.5) is 0 Å². The number of rotatable bonds is 5. The highest BCUT2D eigenvalue weighted by Crippen LogP contribution is 2.20. The van der Waals surface area contributed by atoms with Gasteiger partial charge in [-0.2, -0.15) is 0 Å². The Balaban J connectivity index is 2.17. The third kappa shape index (κ3) is 3.17. The van der Waals surface area contributed by atoms with Crippen molar-refractivity contribution in [2.24, 2.45) is 0 Å². The molecule has 0 saturated heterocycles. The Labute approximate surface area is 117 Å². The molecule has 0 aliphatic heterocycles. The zero-order chi connectivity index (χ0) is 14.0. The molecule has 0 fully saturated rings. The topological polar surface area (TPSA) is 42.2 Å². The molecule has 0 amide bonds. The van der Waals surface area contributed by atoms with Gasteiger partial charge in [-0.1, -0.05) is 18.2 Å². The highest BCUT2D eigenvalue weighted by Gasteiger charge is 2.17. The number of aliphatic hydroxyl groups is 1. The van der Waals surface area contributed by atoms with Gasteiger partial charge in [0.05, 0.1) is 11.5 Å². The van der Waals surface area contributed by atoms with Gasteiger partial charge in [0, 0.05) is 24.2 Å². The molecule has 0 bridgehead atoms. The number of aliphatic hydroxyl groups excluding tert-OH is 1. The number of para-hydroxylation sites is 1. The summed E-state index contributed by atoms with van der Waals surface area (Å²) in [6, 6.07) is 10.1. The fourth-order valence-corrected chi connectivity index (χ4v) is 2.35. The SMILES string of the molecule is Cc1cc2ccccc2n1CC(O)CC(=O)C(C)Cl. The number of carbonyl (C=O) groups is 1. The Bertz CT molecular complexity index is 589. The number of ketones is 1. The monoisotopic (exact) mass is 279 g/mol. The average Bonchev–Trinajstić information content (AvgIpc) is 2.66. The summed E-state index contributed by atoms with van der Waals surface area (Å²) in [4.78, 5) is 11.5. The first kappa shape index (κ1) is 14.1. The molecule has 0 radical (unpaired) electrons. The number of fused-ring (bicyclic) bond motifs is 1. The van der Waals surface area contributed by atoms with Crippen LogP contribution in [0.2, 0.25) is 0 Å². The van der Waals surface area contributed by atoms with E-state index in [1.54, 1.807) is 6.92 Å². The lowest BCUT2D eigenvalue weighted by Crippen LogP contribution is -2.23. The summed E-state index contributed by atoms with van der Waals surface area (Å²) in [7, 11) is 0. The van der Waals surface area contributed by atoms with Crippen LogP contribution in [-0.4, -0.2) is 26.9 Å². The minimum Gasteiger partial charge on any atom is -0.391 e. The molecule has 19 heavy (non-hydrogen) atoms. The Kier molecular flexibility index (Phi) is 4.27. The second-order valence-electron chi connectivity index (χ2n) is 4.90. The van der Waals surface area contributed by atoms with Crippen molar-refractivity contribution in [1.82, 2.24) is 4.57 Å². The largest absolute Gasteiger partial charge is 0.391 e. The van der Waals surface area contributed by atoms with Gasteiger partial charge in [0.1, 0.15) is 0 Å². The van der Waals surface area contributed by atoms with E-state index < -0.39 is 11.5 Å². The van der Waals surface area contributed by atoms with Crippen LogP contribution in [0, 0.1) is 6.92 Å².